The van der Waals surface area contributed by atoms with Gasteiger partial charge in [0.1, 0.15) is 5.69 Å². The van der Waals surface area contributed by atoms with Gasteiger partial charge in [0.2, 0.25) is 0 Å². The van der Waals surface area contributed by atoms with Gasteiger partial charge in [-0.3, -0.25) is 0 Å². The van der Waals surface area contributed by atoms with E-state index in [1.54, 1.807) is 31.0 Å². The molecule has 0 spiro atoms. The highest BCUT2D eigenvalue weighted by Crippen LogP contribution is 2.17. The molecular weight excluding hydrogens is 202 g/mol. The Morgan fingerprint density at radius 3 is 3.14 bits per heavy atom. The zero-order chi connectivity index (χ0) is 10.4. The Balaban J connectivity index is 2.59. The van der Waals surface area contributed by atoms with Crippen molar-refractivity contribution in [3.8, 4) is 0 Å². The standard InChI is InChI=1S/C9H11NO3S/c1-13-4-5-14-7-2-3-10-8(6-7)9(11)12/h2-3,6H,4-5H2,1H3,(H,11,12). The number of aromatic carboxylic acids is 1. The average Bonchev–Trinajstić information content (AvgIpc) is 2.19. The minimum atomic E-state index is -1.00. The monoisotopic (exact) mass is 213 g/mol. The summed E-state index contributed by atoms with van der Waals surface area (Å²) in [6, 6.07) is 3.34. The van der Waals surface area contributed by atoms with E-state index in [0.717, 1.165) is 10.6 Å². The van der Waals surface area contributed by atoms with Gasteiger partial charge in [-0.05, 0) is 12.1 Å². The number of rotatable bonds is 5. The number of pyridine rings is 1. The van der Waals surface area contributed by atoms with E-state index in [9.17, 15) is 4.79 Å². The minimum Gasteiger partial charge on any atom is -0.477 e. The molecule has 0 saturated heterocycles. The Labute approximate surface area is 86.3 Å². The van der Waals surface area contributed by atoms with E-state index in [4.69, 9.17) is 9.84 Å². The Bertz CT molecular complexity index is 317. The van der Waals surface area contributed by atoms with Crippen LogP contribution in [0.5, 0.6) is 0 Å². The number of carboxylic acid groups (broad SMARTS) is 1. The van der Waals surface area contributed by atoms with Crippen LogP contribution < -0.4 is 0 Å². The van der Waals surface area contributed by atoms with Gasteiger partial charge in [0.25, 0.3) is 0 Å². The molecule has 14 heavy (non-hydrogen) atoms. The number of ether oxygens (including phenoxy) is 1. The van der Waals surface area contributed by atoms with E-state index in [2.05, 4.69) is 4.98 Å². The molecule has 1 rings (SSSR count). The predicted molar refractivity (Wildman–Crippen MR) is 53.8 cm³/mol. The number of hydrogen-bond acceptors (Lipinski definition) is 4. The fourth-order valence-corrected chi connectivity index (χ4v) is 1.70. The highest BCUT2D eigenvalue weighted by Gasteiger charge is 2.04. The highest BCUT2D eigenvalue weighted by molar-refractivity contribution is 7.99. The van der Waals surface area contributed by atoms with Crippen LogP contribution in [-0.4, -0.2) is 35.5 Å². The molecule has 0 aromatic carbocycles. The van der Waals surface area contributed by atoms with Gasteiger partial charge in [0.15, 0.2) is 0 Å². The van der Waals surface area contributed by atoms with Crippen LogP contribution >= 0.6 is 11.8 Å². The lowest BCUT2D eigenvalue weighted by atomic mass is 10.3. The molecule has 1 aromatic heterocycles. The van der Waals surface area contributed by atoms with E-state index in [-0.39, 0.29) is 5.69 Å². The van der Waals surface area contributed by atoms with Crippen LogP contribution in [0, 0.1) is 0 Å². The fraction of sp³-hybridized carbons (Fsp3) is 0.333. The molecule has 0 aliphatic heterocycles. The summed E-state index contributed by atoms with van der Waals surface area (Å²) >= 11 is 1.55. The first-order chi connectivity index (χ1) is 6.74. The highest BCUT2D eigenvalue weighted by atomic mass is 32.2. The summed E-state index contributed by atoms with van der Waals surface area (Å²) in [5, 5.41) is 8.68. The molecular formula is C9H11NO3S. The van der Waals surface area contributed by atoms with Crippen LogP contribution in [0.2, 0.25) is 0 Å². The molecule has 4 nitrogen and oxygen atoms in total. The molecule has 0 atom stereocenters. The summed E-state index contributed by atoms with van der Waals surface area (Å²) in [4.78, 5) is 15.2. The maximum absolute atomic E-state index is 10.6. The Morgan fingerprint density at radius 1 is 1.71 bits per heavy atom. The van der Waals surface area contributed by atoms with Gasteiger partial charge in [0, 0.05) is 24.0 Å². The number of methoxy groups -OCH3 is 1. The summed E-state index contributed by atoms with van der Waals surface area (Å²) in [6.07, 6.45) is 1.50. The van der Waals surface area contributed by atoms with Gasteiger partial charge in [-0.25, -0.2) is 9.78 Å². The molecule has 0 saturated carbocycles. The van der Waals surface area contributed by atoms with Gasteiger partial charge < -0.3 is 9.84 Å². The van der Waals surface area contributed by atoms with Gasteiger partial charge in [-0.1, -0.05) is 0 Å². The molecule has 0 unspecified atom stereocenters. The molecule has 1 aromatic rings. The Kier molecular flexibility index (Phi) is 4.42. The lowest BCUT2D eigenvalue weighted by molar-refractivity contribution is 0.0690. The number of hydrogen-bond donors (Lipinski definition) is 1. The van der Waals surface area contributed by atoms with Crippen LogP contribution in [0.1, 0.15) is 10.5 Å². The van der Waals surface area contributed by atoms with Gasteiger partial charge in [-0.15, -0.1) is 11.8 Å². The summed E-state index contributed by atoms with van der Waals surface area (Å²) in [7, 11) is 1.63. The van der Waals surface area contributed by atoms with Gasteiger partial charge >= 0.3 is 5.97 Å². The van der Waals surface area contributed by atoms with Crippen molar-refractivity contribution in [2.75, 3.05) is 19.5 Å². The summed E-state index contributed by atoms with van der Waals surface area (Å²) in [6.45, 7) is 0.648. The third-order valence-corrected chi connectivity index (χ3v) is 2.46. The number of thioether (sulfide) groups is 1. The smallest absolute Gasteiger partial charge is 0.354 e. The molecule has 1 N–H and O–H groups in total. The second-order valence-corrected chi connectivity index (χ2v) is 3.69. The summed E-state index contributed by atoms with van der Waals surface area (Å²) in [5.41, 5.74) is 0.0763. The van der Waals surface area contributed by atoms with Crippen LogP contribution in [0.3, 0.4) is 0 Å². The van der Waals surface area contributed by atoms with Gasteiger partial charge in [0.05, 0.1) is 6.61 Å². The predicted octanol–water partition coefficient (Wildman–Crippen LogP) is 1.52. The lowest BCUT2D eigenvalue weighted by Crippen LogP contribution is -1.99. The van der Waals surface area contributed by atoms with Crippen LogP contribution in [0.15, 0.2) is 23.2 Å². The third kappa shape index (κ3) is 3.35. The third-order valence-electron chi connectivity index (χ3n) is 1.51. The topological polar surface area (TPSA) is 59.4 Å². The number of nitrogens with zero attached hydrogens (tertiary/aromatic N) is 1. The molecule has 5 heteroatoms. The zero-order valence-corrected chi connectivity index (χ0v) is 8.58. The number of carboxylic acids is 1. The largest absolute Gasteiger partial charge is 0.477 e. The van der Waals surface area contributed by atoms with Crippen molar-refractivity contribution in [1.29, 1.82) is 0 Å². The van der Waals surface area contributed by atoms with Crippen molar-refractivity contribution in [3.63, 3.8) is 0 Å². The summed E-state index contributed by atoms with van der Waals surface area (Å²) < 4.78 is 4.89. The van der Waals surface area contributed by atoms with Crippen LogP contribution in [0.25, 0.3) is 0 Å². The van der Waals surface area contributed by atoms with Crippen LogP contribution in [-0.2, 0) is 4.74 Å². The van der Waals surface area contributed by atoms with Crippen molar-refractivity contribution in [2.45, 2.75) is 4.90 Å². The van der Waals surface area contributed by atoms with Crippen molar-refractivity contribution in [1.82, 2.24) is 4.98 Å². The lowest BCUT2D eigenvalue weighted by Gasteiger charge is -2.01. The first kappa shape index (κ1) is 11.0. The Morgan fingerprint density at radius 2 is 2.50 bits per heavy atom. The van der Waals surface area contributed by atoms with Crippen molar-refractivity contribution in [2.24, 2.45) is 0 Å². The molecule has 0 radical (unpaired) electrons. The van der Waals surface area contributed by atoms with E-state index < -0.39 is 5.97 Å². The van der Waals surface area contributed by atoms with E-state index in [1.165, 1.54) is 6.20 Å². The van der Waals surface area contributed by atoms with Crippen molar-refractivity contribution in [3.05, 3.63) is 24.0 Å². The quantitative estimate of drug-likeness (QED) is 0.593. The summed E-state index contributed by atoms with van der Waals surface area (Å²) in [5.74, 6) is -0.196. The second kappa shape index (κ2) is 5.62. The zero-order valence-electron chi connectivity index (χ0n) is 7.77. The molecule has 0 bridgehead atoms. The fourth-order valence-electron chi connectivity index (χ4n) is 0.861. The number of carbonyl (C=O) groups is 1. The normalized spacial score (nSPS) is 10.1. The van der Waals surface area contributed by atoms with Crippen molar-refractivity contribution >= 4 is 17.7 Å². The number of aromatic nitrogens is 1. The molecule has 0 aliphatic carbocycles. The van der Waals surface area contributed by atoms with Crippen molar-refractivity contribution < 1.29 is 14.6 Å². The minimum absolute atomic E-state index is 0.0763. The second-order valence-electron chi connectivity index (χ2n) is 2.52. The first-order valence-electron chi connectivity index (χ1n) is 4.05. The molecule has 0 amide bonds. The van der Waals surface area contributed by atoms with Gasteiger partial charge in [-0.2, -0.15) is 0 Å². The molecule has 0 aliphatic rings. The molecule has 76 valence electrons. The van der Waals surface area contributed by atoms with E-state index in [1.807, 2.05) is 0 Å². The Hall–Kier alpha value is -1.07. The van der Waals surface area contributed by atoms with E-state index >= 15 is 0 Å². The maximum Gasteiger partial charge on any atom is 0.354 e. The first-order valence-corrected chi connectivity index (χ1v) is 5.03. The van der Waals surface area contributed by atoms with Crippen LogP contribution in [0.4, 0.5) is 0 Å². The SMILES string of the molecule is COCCSc1ccnc(C(=O)O)c1. The maximum atomic E-state index is 10.6. The average molecular weight is 213 g/mol. The molecule has 0 fully saturated rings. The van der Waals surface area contributed by atoms with E-state index in [0.29, 0.717) is 6.61 Å². The molecule has 1 heterocycles.